The fraction of sp³-hybridized carbons (Fsp3) is 0.889. The van der Waals surface area contributed by atoms with Crippen molar-refractivity contribution in [2.45, 2.75) is 19.3 Å². The van der Waals surface area contributed by atoms with Crippen LogP contribution in [0.3, 0.4) is 0 Å². The van der Waals surface area contributed by atoms with E-state index >= 15 is 0 Å². The molecule has 1 aliphatic rings. The molecule has 1 heterocycles. The number of carbonyl (C=O) groups excluding carboxylic acids is 1. The summed E-state index contributed by atoms with van der Waals surface area (Å²) in [6.07, 6.45) is 2.00. The lowest BCUT2D eigenvalue weighted by atomic mass is 9.96. The van der Waals surface area contributed by atoms with E-state index in [0.29, 0.717) is 12.5 Å². The molecule has 1 atom stereocenters. The van der Waals surface area contributed by atoms with Crippen LogP contribution in [0, 0.1) is 5.92 Å². The van der Waals surface area contributed by atoms with Crippen LogP contribution in [0.5, 0.6) is 0 Å². The second kappa shape index (κ2) is 6.77. The van der Waals surface area contributed by atoms with Crippen molar-refractivity contribution in [1.82, 2.24) is 14.8 Å². The highest BCUT2D eigenvalue weighted by Crippen LogP contribution is 2.12. The molecule has 1 unspecified atom stereocenters. The van der Waals surface area contributed by atoms with Crippen LogP contribution in [0.25, 0.3) is 0 Å². The van der Waals surface area contributed by atoms with Crippen molar-refractivity contribution in [3.05, 3.63) is 0 Å². The first-order valence-corrected chi connectivity index (χ1v) is 7.08. The Morgan fingerprint density at radius 3 is 2.88 bits per heavy atom. The van der Waals surface area contributed by atoms with Gasteiger partial charge >= 0.3 is 16.3 Å². The van der Waals surface area contributed by atoms with E-state index in [9.17, 15) is 13.2 Å². The minimum atomic E-state index is -3.79. The number of piperidine rings is 1. The van der Waals surface area contributed by atoms with Crippen LogP contribution in [0.1, 0.15) is 19.3 Å². The molecule has 0 bridgehead atoms. The van der Waals surface area contributed by atoms with Crippen molar-refractivity contribution < 1.29 is 17.9 Å². The highest BCUT2D eigenvalue weighted by atomic mass is 32.2. The summed E-state index contributed by atoms with van der Waals surface area (Å²) in [5, 5.41) is 3.26. The van der Waals surface area contributed by atoms with Gasteiger partial charge in [0.25, 0.3) is 0 Å². The van der Waals surface area contributed by atoms with Crippen LogP contribution in [-0.2, 0) is 14.9 Å². The number of rotatable bonds is 5. The van der Waals surface area contributed by atoms with Crippen LogP contribution in [-0.4, -0.2) is 41.3 Å². The molecule has 0 aliphatic carbocycles. The summed E-state index contributed by atoms with van der Waals surface area (Å²) in [5.41, 5.74) is 0. The molecule has 7 nitrogen and oxygen atoms in total. The van der Waals surface area contributed by atoms with Gasteiger partial charge in [-0.1, -0.05) is 0 Å². The summed E-state index contributed by atoms with van der Waals surface area (Å²) in [6, 6.07) is 0. The van der Waals surface area contributed by atoms with Gasteiger partial charge in [0.2, 0.25) is 0 Å². The van der Waals surface area contributed by atoms with Crippen LogP contribution < -0.4 is 14.8 Å². The summed E-state index contributed by atoms with van der Waals surface area (Å²) in [4.78, 5) is 10.7. The normalized spacial score (nSPS) is 20.9. The van der Waals surface area contributed by atoms with Crippen LogP contribution in [0.15, 0.2) is 0 Å². The number of amides is 1. The van der Waals surface area contributed by atoms with Crippen molar-refractivity contribution in [1.29, 1.82) is 0 Å². The predicted molar refractivity (Wildman–Crippen MR) is 62.7 cm³/mol. The molecular weight excluding hydrogens is 246 g/mol. The maximum Gasteiger partial charge on any atom is 0.421 e. The van der Waals surface area contributed by atoms with E-state index in [4.69, 9.17) is 0 Å². The smallest absolute Gasteiger partial charge is 0.421 e. The number of nitrogens with one attached hydrogen (secondary N) is 3. The van der Waals surface area contributed by atoms with Gasteiger partial charge in [0, 0.05) is 6.54 Å². The molecule has 0 radical (unpaired) electrons. The van der Waals surface area contributed by atoms with Crippen LogP contribution >= 0.6 is 0 Å². The second-order valence-corrected chi connectivity index (χ2v) is 5.49. The number of hydrogen-bond acceptors (Lipinski definition) is 5. The van der Waals surface area contributed by atoms with Gasteiger partial charge in [-0.25, -0.2) is 9.52 Å². The molecule has 0 aromatic rings. The van der Waals surface area contributed by atoms with Gasteiger partial charge in [-0.05, 0) is 38.3 Å². The molecule has 100 valence electrons. The number of ether oxygens (including phenoxy) is 1. The molecule has 0 spiro atoms. The van der Waals surface area contributed by atoms with Crippen molar-refractivity contribution in [2.24, 2.45) is 5.92 Å². The number of methoxy groups -OCH3 is 1. The van der Waals surface area contributed by atoms with Crippen molar-refractivity contribution in [2.75, 3.05) is 26.7 Å². The molecular formula is C9H19N3O4S. The quantitative estimate of drug-likeness (QED) is 0.626. The summed E-state index contributed by atoms with van der Waals surface area (Å²) >= 11 is 0. The highest BCUT2D eigenvalue weighted by Gasteiger charge is 2.16. The molecule has 0 aromatic carbocycles. The first-order valence-electron chi connectivity index (χ1n) is 5.59. The lowest BCUT2D eigenvalue weighted by Crippen LogP contribution is -2.41. The minimum Gasteiger partial charge on any atom is -0.452 e. The van der Waals surface area contributed by atoms with Gasteiger partial charge in [-0.3, -0.25) is 0 Å². The van der Waals surface area contributed by atoms with Gasteiger partial charge in [0.15, 0.2) is 0 Å². The molecule has 1 fully saturated rings. The summed E-state index contributed by atoms with van der Waals surface area (Å²) in [6.45, 7) is 2.27. The summed E-state index contributed by atoms with van der Waals surface area (Å²) < 4.78 is 30.8. The van der Waals surface area contributed by atoms with Gasteiger partial charge in [-0.2, -0.15) is 13.1 Å². The Hall–Kier alpha value is -0.860. The first kappa shape index (κ1) is 14.2. The molecule has 0 saturated carbocycles. The lowest BCUT2D eigenvalue weighted by Gasteiger charge is -2.22. The fourth-order valence-corrected chi connectivity index (χ4v) is 2.52. The maximum atomic E-state index is 11.3. The SMILES string of the molecule is COC(=O)NS(=O)(=O)NCCC1CCCNC1. The van der Waals surface area contributed by atoms with Gasteiger partial charge < -0.3 is 10.1 Å². The van der Waals surface area contributed by atoms with E-state index in [1.165, 1.54) is 0 Å². The monoisotopic (exact) mass is 265 g/mol. The lowest BCUT2D eigenvalue weighted by molar-refractivity contribution is 0.177. The van der Waals surface area contributed by atoms with E-state index < -0.39 is 16.3 Å². The van der Waals surface area contributed by atoms with Gasteiger partial charge in [0.1, 0.15) is 0 Å². The fourth-order valence-electron chi connectivity index (χ4n) is 1.76. The Labute approximate surface area is 101 Å². The Morgan fingerprint density at radius 1 is 1.53 bits per heavy atom. The van der Waals surface area contributed by atoms with E-state index in [2.05, 4.69) is 14.8 Å². The van der Waals surface area contributed by atoms with E-state index in [0.717, 1.165) is 39.5 Å². The van der Waals surface area contributed by atoms with E-state index in [-0.39, 0.29) is 0 Å². The third kappa shape index (κ3) is 5.85. The standard InChI is InChI=1S/C9H19N3O4S/c1-16-9(13)12-17(14,15)11-6-4-8-3-2-5-10-7-8/h8,10-11H,2-7H2,1H3,(H,12,13). The summed E-state index contributed by atoms with van der Waals surface area (Å²) in [5.74, 6) is 0.490. The number of carbonyl (C=O) groups is 1. The molecule has 3 N–H and O–H groups in total. The minimum absolute atomic E-state index is 0.318. The van der Waals surface area contributed by atoms with Gasteiger partial charge in [-0.15, -0.1) is 0 Å². The Kier molecular flexibility index (Phi) is 5.66. The topological polar surface area (TPSA) is 96.5 Å². The van der Waals surface area contributed by atoms with E-state index in [1.54, 1.807) is 4.72 Å². The molecule has 1 aliphatic heterocycles. The maximum absolute atomic E-state index is 11.3. The zero-order valence-corrected chi connectivity index (χ0v) is 10.7. The average Bonchev–Trinajstić information content (AvgIpc) is 2.29. The zero-order chi connectivity index (χ0) is 12.7. The highest BCUT2D eigenvalue weighted by molar-refractivity contribution is 7.88. The molecule has 0 aromatic heterocycles. The Bertz CT molecular complexity index is 338. The third-order valence-corrected chi connectivity index (χ3v) is 3.67. The molecule has 17 heavy (non-hydrogen) atoms. The van der Waals surface area contributed by atoms with Gasteiger partial charge in [0.05, 0.1) is 7.11 Å². The first-order chi connectivity index (χ1) is 8.03. The average molecular weight is 265 g/mol. The van der Waals surface area contributed by atoms with Crippen LogP contribution in [0.4, 0.5) is 4.79 Å². The van der Waals surface area contributed by atoms with Crippen molar-refractivity contribution in [3.8, 4) is 0 Å². The molecule has 1 rings (SSSR count). The Balaban J connectivity index is 2.22. The number of hydrogen-bond donors (Lipinski definition) is 3. The summed E-state index contributed by atoms with van der Waals surface area (Å²) in [7, 11) is -2.68. The second-order valence-electron chi connectivity index (χ2n) is 3.99. The zero-order valence-electron chi connectivity index (χ0n) is 9.86. The van der Waals surface area contributed by atoms with Crippen molar-refractivity contribution >= 4 is 16.3 Å². The van der Waals surface area contributed by atoms with Crippen molar-refractivity contribution in [3.63, 3.8) is 0 Å². The molecule has 1 saturated heterocycles. The molecule has 1 amide bonds. The van der Waals surface area contributed by atoms with E-state index in [1.807, 2.05) is 0 Å². The van der Waals surface area contributed by atoms with Crippen LogP contribution in [0.2, 0.25) is 0 Å². The predicted octanol–water partition coefficient (Wildman–Crippen LogP) is -0.433. The molecule has 8 heteroatoms. The largest absolute Gasteiger partial charge is 0.452 e. The Morgan fingerprint density at radius 2 is 2.29 bits per heavy atom. The third-order valence-electron chi connectivity index (χ3n) is 2.65.